The number of benzene rings is 1. The van der Waals surface area contributed by atoms with Crippen molar-refractivity contribution in [1.82, 2.24) is 20.0 Å². The zero-order valence-corrected chi connectivity index (χ0v) is 22.0. The van der Waals surface area contributed by atoms with Gasteiger partial charge in [0, 0.05) is 29.7 Å². The van der Waals surface area contributed by atoms with E-state index in [2.05, 4.69) is 50.3 Å². The fourth-order valence-corrected chi connectivity index (χ4v) is 7.91. The maximum atomic E-state index is 3.69. The van der Waals surface area contributed by atoms with E-state index in [4.69, 9.17) is 0 Å². The van der Waals surface area contributed by atoms with Gasteiger partial charge in [0.1, 0.15) is 0 Å². The minimum atomic E-state index is 0. The summed E-state index contributed by atoms with van der Waals surface area (Å²) < 4.78 is 0. The lowest BCUT2D eigenvalue weighted by molar-refractivity contribution is 0.0990. The van der Waals surface area contributed by atoms with Crippen LogP contribution < -0.4 is 5.32 Å². The third kappa shape index (κ3) is 4.95. The molecule has 2 saturated carbocycles. The molecule has 190 valence electrons. The molecule has 5 heteroatoms. The Kier molecular flexibility index (Phi) is 7.92. The number of nitrogens with zero attached hydrogens (tertiary/aromatic N) is 3. The number of hydrogen-bond acceptors (Lipinski definition) is 4. The first-order valence-electron chi connectivity index (χ1n) is 14.3. The van der Waals surface area contributed by atoms with Gasteiger partial charge in [-0.05, 0) is 122 Å². The van der Waals surface area contributed by atoms with Crippen molar-refractivity contribution in [2.24, 2.45) is 0 Å². The molecule has 2 atom stereocenters. The van der Waals surface area contributed by atoms with Crippen LogP contribution in [-0.4, -0.2) is 77.1 Å². The summed E-state index contributed by atoms with van der Waals surface area (Å²) in [5.74, 6) is 0. The minimum absolute atomic E-state index is 0. The van der Waals surface area contributed by atoms with Crippen molar-refractivity contribution in [2.45, 2.75) is 107 Å². The zero-order chi connectivity index (χ0) is 22.1. The van der Waals surface area contributed by atoms with Gasteiger partial charge in [0.15, 0.2) is 0 Å². The first-order chi connectivity index (χ1) is 16.3. The molecule has 2 aliphatic carbocycles. The second-order valence-electron chi connectivity index (χ2n) is 11.9. The van der Waals surface area contributed by atoms with Crippen LogP contribution in [0.4, 0.5) is 0 Å². The Hall–Kier alpha value is -0.650. The molecule has 4 heterocycles. The number of halogens is 1. The molecule has 4 nitrogen and oxygen atoms in total. The molecule has 0 amide bonds. The summed E-state index contributed by atoms with van der Waals surface area (Å²) in [5.41, 5.74) is 2.69. The van der Waals surface area contributed by atoms with Crippen molar-refractivity contribution in [1.29, 1.82) is 0 Å². The molecule has 6 fully saturated rings. The molecule has 7 rings (SSSR count). The van der Waals surface area contributed by atoms with Gasteiger partial charge in [0.2, 0.25) is 0 Å². The number of hydrogen-bond donors (Lipinski definition) is 1. The van der Waals surface area contributed by atoms with Crippen molar-refractivity contribution in [2.75, 3.05) is 39.3 Å². The molecule has 0 radical (unpaired) electrons. The molecular formula is C29H47ClN4. The van der Waals surface area contributed by atoms with Gasteiger partial charge in [-0.15, -0.1) is 12.4 Å². The highest BCUT2D eigenvalue weighted by Gasteiger charge is 2.56. The molecule has 1 aromatic carbocycles. The number of rotatable bonds is 6. The average molecular weight is 487 g/mol. The summed E-state index contributed by atoms with van der Waals surface area (Å²) in [5, 5.41) is 3.69. The number of likely N-dealkylation sites (tertiary alicyclic amines) is 3. The molecule has 0 spiro atoms. The van der Waals surface area contributed by atoms with E-state index >= 15 is 0 Å². The predicted molar refractivity (Wildman–Crippen MR) is 144 cm³/mol. The molecule has 34 heavy (non-hydrogen) atoms. The van der Waals surface area contributed by atoms with Crippen LogP contribution in [0.2, 0.25) is 0 Å². The highest BCUT2D eigenvalue weighted by atomic mass is 35.5. The van der Waals surface area contributed by atoms with Crippen LogP contribution in [0.25, 0.3) is 0 Å². The van der Waals surface area contributed by atoms with Crippen molar-refractivity contribution in [3.63, 3.8) is 0 Å². The van der Waals surface area contributed by atoms with Crippen molar-refractivity contribution in [3.05, 3.63) is 35.9 Å². The van der Waals surface area contributed by atoms with Gasteiger partial charge in [-0.1, -0.05) is 30.3 Å². The van der Waals surface area contributed by atoms with Gasteiger partial charge >= 0.3 is 0 Å². The summed E-state index contributed by atoms with van der Waals surface area (Å²) >= 11 is 0. The summed E-state index contributed by atoms with van der Waals surface area (Å²) in [4.78, 5) is 8.39. The van der Waals surface area contributed by atoms with Crippen molar-refractivity contribution >= 4 is 12.4 Å². The predicted octanol–water partition coefficient (Wildman–Crippen LogP) is 5.07. The monoisotopic (exact) mass is 486 g/mol. The van der Waals surface area contributed by atoms with E-state index in [-0.39, 0.29) is 12.4 Å². The maximum absolute atomic E-state index is 3.69. The average Bonchev–Trinajstić information content (AvgIpc) is 3.45. The van der Waals surface area contributed by atoms with Crippen LogP contribution in [0.15, 0.2) is 30.3 Å². The Bertz CT molecular complexity index is 742. The second kappa shape index (κ2) is 10.8. The molecule has 6 aliphatic rings. The topological polar surface area (TPSA) is 21.8 Å². The van der Waals surface area contributed by atoms with Gasteiger partial charge in [0.05, 0.1) is 0 Å². The van der Waals surface area contributed by atoms with Crippen molar-refractivity contribution < 1.29 is 0 Å². The highest BCUT2D eigenvalue weighted by molar-refractivity contribution is 5.85. The van der Waals surface area contributed by atoms with E-state index in [0.29, 0.717) is 11.1 Å². The Morgan fingerprint density at radius 1 is 0.706 bits per heavy atom. The normalized spacial score (nSPS) is 32.2. The van der Waals surface area contributed by atoms with Crippen molar-refractivity contribution in [3.8, 4) is 0 Å². The fraction of sp³-hybridized carbons (Fsp3) is 0.793. The molecule has 1 N–H and O–H groups in total. The lowest BCUT2D eigenvalue weighted by Crippen LogP contribution is -2.50. The van der Waals surface area contributed by atoms with Crippen LogP contribution >= 0.6 is 12.4 Å². The Morgan fingerprint density at radius 2 is 1.32 bits per heavy atom. The third-order valence-electron chi connectivity index (χ3n) is 9.92. The molecular weight excluding hydrogens is 440 g/mol. The Balaban J connectivity index is 0.000000149. The maximum Gasteiger partial charge on any atom is 0.0366 e. The third-order valence-corrected chi connectivity index (χ3v) is 9.92. The summed E-state index contributed by atoms with van der Waals surface area (Å²) in [6.45, 7) is 9.18. The SMILES string of the molecule is C1CN[C@H](C2(N3CCCC3)CC2)C1.Cl.c1ccc(CN2CCC[C@H]2C2(N3CCCC3)CC2)cc1. The summed E-state index contributed by atoms with van der Waals surface area (Å²) in [7, 11) is 0. The quantitative estimate of drug-likeness (QED) is 0.606. The lowest BCUT2D eigenvalue weighted by atomic mass is 10.0. The van der Waals surface area contributed by atoms with E-state index in [9.17, 15) is 0 Å². The molecule has 4 saturated heterocycles. The van der Waals surface area contributed by atoms with Crippen LogP contribution in [0.1, 0.15) is 82.6 Å². The minimum Gasteiger partial charge on any atom is -0.312 e. The number of nitrogens with one attached hydrogen (secondary N) is 1. The first-order valence-corrected chi connectivity index (χ1v) is 14.3. The molecule has 0 aromatic heterocycles. The van der Waals surface area contributed by atoms with Gasteiger partial charge in [-0.25, -0.2) is 0 Å². The second-order valence-corrected chi connectivity index (χ2v) is 11.9. The van der Waals surface area contributed by atoms with E-state index in [0.717, 1.165) is 18.6 Å². The molecule has 4 aliphatic heterocycles. The van der Waals surface area contributed by atoms with Gasteiger partial charge < -0.3 is 5.32 Å². The smallest absolute Gasteiger partial charge is 0.0366 e. The van der Waals surface area contributed by atoms with Crippen LogP contribution in [-0.2, 0) is 6.54 Å². The molecule has 0 unspecified atom stereocenters. The van der Waals surface area contributed by atoms with Crippen LogP contribution in [0.5, 0.6) is 0 Å². The Morgan fingerprint density at radius 3 is 1.88 bits per heavy atom. The lowest BCUT2D eigenvalue weighted by Gasteiger charge is -2.38. The fourth-order valence-electron chi connectivity index (χ4n) is 7.91. The van der Waals surface area contributed by atoms with Crippen LogP contribution in [0, 0.1) is 0 Å². The Labute approximate surface area is 214 Å². The summed E-state index contributed by atoms with van der Waals surface area (Å²) in [6, 6.07) is 12.7. The van der Waals surface area contributed by atoms with Gasteiger partial charge in [0.25, 0.3) is 0 Å². The first kappa shape index (κ1) is 25.0. The standard InChI is InChI=1S/C18H26N2.C11H20N2.ClH/c1-2-7-16(8-3-1)15-19-12-6-9-17(19)18(10-11-18)20-13-4-5-14-20;1-2-9-13(8-1)11(5-6-11)10-4-3-7-12-10;/h1-3,7-8,17H,4-6,9-15H2;10,12H,1-9H2;1H/t17-;10-;/m00./s1. The van der Waals surface area contributed by atoms with E-state index in [1.807, 2.05) is 0 Å². The van der Waals surface area contributed by atoms with E-state index < -0.39 is 0 Å². The largest absolute Gasteiger partial charge is 0.312 e. The zero-order valence-electron chi connectivity index (χ0n) is 21.2. The summed E-state index contributed by atoms with van der Waals surface area (Å²) in [6.07, 6.45) is 17.2. The van der Waals surface area contributed by atoms with E-state index in [1.54, 1.807) is 0 Å². The molecule has 1 aromatic rings. The van der Waals surface area contributed by atoms with E-state index in [1.165, 1.54) is 122 Å². The van der Waals surface area contributed by atoms with Gasteiger partial charge in [-0.2, -0.15) is 0 Å². The molecule has 0 bridgehead atoms. The van der Waals surface area contributed by atoms with Gasteiger partial charge in [-0.3, -0.25) is 14.7 Å². The highest BCUT2D eigenvalue weighted by Crippen LogP contribution is 2.51. The van der Waals surface area contributed by atoms with Crippen LogP contribution in [0.3, 0.4) is 0 Å².